The minimum absolute atomic E-state index is 0.0134. The van der Waals surface area contributed by atoms with Gasteiger partial charge in [0.1, 0.15) is 5.69 Å². The summed E-state index contributed by atoms with van der Waals surface area (Å²) in [5.41, 5.74) is 11.2. The van der Waals surface area contributed by atoms with Crippen LogP contribution in [0.2, 0.25) is 0 Å². The summed E-state index contributed by atoms with van der Waals surface area (Å²) in [6.45, 7) is 0. The maximum absolute atomic E-state index is 10.9. The van der Waals surface area contributed by atoms with Crippen molar-refractivity contribution in [1.82, 2.24) is 9.97 Å². The summed E-state index contributed by atoms with van der Waals surface area (Å²) in [5.74, 6) is -0.532. The van der Waals surface area contributed by atoms with Crippen LogP contribution < -0.4 is 11.5 Å². The number of benzene rings is 1. The second-order valence-corrected chi connectivity index (χ2v) is 3.22. The van der Waals surface area contributed by atoms with Crippen molar-refractivity contribution in [2.75, 3.05) is 5.73 Å². The third-order valence-corrected chi connectivity index (χ3v) is 1.98. The van der Waals surface area contributed by atoms with Crippen LogP contribution in [0.4, 0.5) is 17.5 Å². The van der Waals surface area contributed by atoms with Crippen molar-refractivity contribution in [3.63, 3.8) is 0 Å². The molecule has 2 rings (SSSR count). The molecule has 0 radical (unpaired) electrons. The molecule has 0 spiro atoms. The lowest BCUT2D eigenvalue weighted by Gasteiger charge is -1.88. The van der Waals surface area contributed by atoms with Gasteiger partial charge in [-0.15, -0.1) is 10.2 Å². The monoisotopic (exact) mass is 230 g/mol. The van der Waals surface area contributed by atoms with Gasteiger partial charge < -0.3 is 16.5 Å². The zero-order chi connectivity index (χ0) is 12.3. The largest absolute Gasteiger partial charge is 0.382 e. The van der Waals surface area contributed by atoms with E-state index in [9.17, 15) is 4.79 Å². The normalized spacial score (nSPS) is 10.8. The molecule has 0 aliphatic carbocycles. The van der Waals surface area contributed by atoms with Crippen LogP contribution in [0.3, 0.4) is 0 Å². The van der Waals surface area contributed by atoms with Crippen molar-refractivity contribution >= 4 is 23.4 Å². The first kappa shape index (κ1) is 10.8. The Morgan fingerprint density at radius 2 is 1.94 bits per heavy atom. The summed E-state index contributed by atoms with van der Waals surface area (Å²) >= 11 is 0. The maximum atomic E-state index is 10.9. The number of carbonyl (C=O) groups excluding carboxylic acids is 1. The number of aromatic amines is 1. The second kappa shape index (κ2) is 4.44. The molecule has 17 heavy (non-hydrogen) atoms. The number of nitrogen functional groups attached to an aromatic ring is 1. The molecule has 0 saturated carbocycles. The molecule has 0 aliphatic rings. The summed E-state index contributed by atoms with van der Waals surface area (Å²) in [7, 11) is 0. The first-order chi connectivity index (χ1) is 8.16. The predicted octanol–water partition coefficient (Wildman–Crippen LogP) is 1.51. The molecule has 1 aromatic heterocycles. The topological polar surface area (TPSA) is 123 Å². The summed E-state index contributed by atoms with van der Waals surface area (Å²) in [6.07, 6.45) is 0. The molecule has 1 aromatic carbocycles. The molecular formula is C10H10N6O. The Kier molecular flexibility index (Phi) is 2.82. The molecular weight excluding hydrogens is 220 g/mol. The molecule has 0 bridgehead atoms. The van der Waals surface area contributed by atoms with Crippen molar-refractivity contribution in [2.45, 2.75) is 0 Å². The average Bonchev–Trinajstić information content (AvgIpc) is 2.69. The van der Waals surface area contributed by atoms with Gasteiger partial charge in [-0.05, 0) is 12.1 Å². The molecule has 86 valence electrons. The van der Waals surface area contributed by atoms with E-state index in [4.69, 9.17) is 11.5 Å². The van der Waals surface area contributed by atoms with E-state index in [1.807, 2.05) is 18.2 Å². The molecule has 1 heterocycles. The Hall–Kier alpha value is -2.70. The number of carbonyl (C=O) groups is 1. The van der Waals surface area contributed by atoms with Crippen molar-refractivity contribution in [2.24, 2.45) is 16.0 Å². The van der Waals surface area contributed by atoms with E-state index < -0.39 is 5.91 Å². The number of amides is 1. The fourth-order valence-corrected chi connectivity index (χ4v) is 1.21. The van der Waals surface area contributed by atoms with Gasteiger partial charge in [0.2, 0.25) is 5.95 Å². The molecule has 5 N–H and O–H groups in total. The van der Waals surface area contributed by atoms with E-state index in [0.29, 0.717) is 5.69 Å². The highest BCUT2D eigenvalue weighted by molar-refractivity contribution is 5.95. The van der Waals surface area contributed by atoms with Crippen LogP contribution in [-0.4, -0.2) is 15.9 Å². The number of rotatable bonds is 3. The third kappa shape index (κ3) is 2.46. The molecule has 0 unspecified atom stereocenters. The Labute approximate surface area is 96.6 Å². The Morgan fingerprint density at radius 3 is 2.53 bits per heavy atom. The lowest BCUT2D eigenvalue weighted by molar-refractivity contribution is 0.0997. The van der Waals surface area contributed by atoms with E-state index in [-0.39, 0.29) is 17.5 Å². The van der Waals surface area contributed by atoms with Crippen molar-refractivity contribution in [1.29, 1.82) is 0 Å². The number of H-pyrrole nitrogens is 1. The molecule has 7 nitrogen and oxygen atoms in total. The van der Waals surface area contributed by atoms with Gasteiger partial charge in [0.25, 0.3) is 5.91 Å². The van der Waals surface area contributed by atoms with Crippen LogP contribution in [-0.2, 0) is 0 Å². The fourth-order valence-electron chi connectivity index (χ4n) is 1.21. The van der Waals surface area contributed by atoms with Crippen LogP contribution in [0.1, 0.15) is 10.5 Å². The zero-order valence-electron chi connectivity index (χ0n) is 8.79. The molecule has 1 amide bonds. The van der Waals surface area contributed by atoms with E-state index >= 15 is 0 Å². The van der Waals surface area contributed by atoms with Gasteiger partial charge in [-0.3, -0.25) is 4.79 Å². The van der Waals surface area contributed by atoms with Crippen molar-refractivity contribution in [3.05, 3.63) is 36.0 Å². The summed E-state index contributed by atoms with van der Waals surface area (Å²) in [4.78, 5) is 17.3. The Balaban J connectivity index is 2.22. The molecule has 0 aliphatic heterocycles. The van der Waals surface area contributed by atoms with Gasteiger partial charge in [0.05, 0.1) is 5.69 Å². The number of nitrogens with one attached hydrogen (secondary N) is 1. The summed E-state index contributed by atoms with van der Waals surface area (Å²) in [5, 5.41) is 7.72. The minimum Gasteiger partial charge on any atom is -0.382 e. The van der Waals surface area contributed by atoms with Gasteiger partial charge in [-0.1, -0.05) is 18.2 Å². The summed E-state index contributed by atoms with van der Waals surface area (Å²) in [6, 6.07) is 9.10. The number of hydrogen-bond donors (Lipinski definition) is 3. The first-order valence-electron chi connectivity index (χ1n) is 4.79. The van der Waals surface area contributed by atoms with E-state index in [1.54, 1.807) is 12.1 Å². The second-order valence-electron chi connectivity index (χ2n) is 3.22. The van der Waals surface area contributed by atoms with Crippen LogP contribution >= 0.6 is 0 Å². The van der Waals surface area contributed by atoms with Crippen LogP contribution in [0.15, 0.2) is 40.6 Å². The van der Waals surface area contributed by atoms with Crippen LogP contribution in [0.5, 0.6) is 0 Å². The quantitative estimate of drug-likeness (QED) is 0.692. The minimum atomic E-state index is -0.684. The smallest absolute Gasteiger partial charge is 0.269 e. The molecule has 0 saturated heterocycles. The van der Waals surface area contributed by atoms with Crippen molar-refractivity contribution in [3.8, 4) is 0 Å². The number of primary amides is 1. The van der Waals surface area contributed by atoms with E-state index in [2.05, 4.69) is 20.2 Å². The highest BCUT2D eigenvalue weighted by Crippen LogP contribution is 2.17. The number of nitrogens with two attached hydrogens (primary N) is 2. The highest BCUT2D eigenvalue weighted by atomic mass is 16.1. The molecule has 0 fully saturated rings. The third-order valence-electron chi connectivity index (χ3n) is 1.98. The fraction of sp³-hybridized carbons (Fsp3) is 0. The lowest BCUT2D eigenvalue weighted by Crippen LogP contribution is -2.13. The van der Waals surface area contributed by atoms with Gasteiger partial charge in [0, 0.05) is 0 Å². The Bertz CT molecular complexity index is 559. The number of anilines is 1. The van der Waals surface area contributed by atoms with Gasteiger partial charge in [0.15, 0.2) is 5.82 Å². The zero-order valence-corrected chi connectivity index (χ0v) is 8.79. The number of nitrogens with zero attached hydrogens (tertiary/aromatic N) is 3. The molecule has 2 aromatic rings. The predicted molar refractivity (Wildman–Crippen MR) is 62.1 cm³/mol. The lowest BCUT2D eigenvalue weighted by atomic mass is 10.3. The van der Waals surface area contributed by atoms with E-state index in [0.717, 1.165) is 0 Å². The van der Waals surface area contributed by atoms with Gasteiger partial charge >= 0.3 is 0 Å². The number of imidazole rings is 1. The van der Waals surface area contributed by atoms with Crippen LogP contribution in [0, 0.1) is 0 Å². The number of hydrogen-bond acceptors (Lipinski definition) is 5. The van der Waals surface area contributed by atoms with Gasteiger partial charge in [-0.25, -0.2) is 0 Å². The van der Waals surface area contributed by atoms with E-state index in [1.165, 1.54) is 0 Å². The first-order valence-corrected chi connectivity index (χ1v) is 4.79. The number of aromatic nitrogens is 2. The SMILES string of the molecule is NC(=O)c1[nH]c(N=Nc2ccccc2)nc1N. The highest BCUT2D eigenvalue weighted by Gasteiger charge is 2.11. The standard InChI is InChI=1S/C10H10N6O/c11-8-7(9(12)17)13-10(14-8)16-15-6-4-2-1-3-5-6/h1-5H,11H2,(H2,12,17)(H,13,14). The Morgan fingerprint density at radius 1 is 1.24 bits per heavy atom. The average molecular weight is 230 g/mol. The number of azo groups is 1. The van der Waals surface area contributed by atoms with Crippen molar-refractivity contribution < 1.29 is 4.79 Å². The molecule has 0 atom stereocenters. The van der Waals surface area contributed by atoms with Crippen LogP contribution in [0.25, 0.3) is 0 Å². The maximum Gasteiger partial charge on any atom is 0.269 e. The molecule has 7 heteroatoms. The van der Waals surface area contributed by atoms with Gasteiger partial charge in [-0.2, -0.15) is 4.98 Å². The summed E-state index contributed by atoms with van der Waals surface area (Å²) < 4.78 is 0.